The van der Waals surface area contributed by atoms with E-state index in [1.165, 1.54) is 70.6 Å². The highest BCUT2D eigenvalue weighted by molar-refractivity contribution is 5.02. The number of hydrogen-bond acceptors (Lipinski definition) is 0. The molecule has 1 aliphatic carbocycles. The van der Waals surface area contributed by atoms with Gasteiger partial charge in [0.05, 0.1) is 0 Å². The second kappa shape index (κ2) is 16.1. The van der Waals surface area contributed by atoms with Gasteiger partial charge in [-0.3, -0.25) is 0 Å². The molecule has 0 aromatic carbocycles. The molecular weight excluding hydrogens is 372 g/mol. The highest BCUT2D eigenvalue weighted by atomic mass is 14.3. The summed E-state index contributed by atoms with van der Waals surface area (Å²) in [6.45, 7) is 19.2. The van der Waals surface area contributed by atoms with Gasteiger partial charge in [-0.05, 0) is 66.6 Å². The van der Waals surface area contributed by atoms with Gasteiger partial charge in [-0.25, -0.2) is 0 Å². The summed E-state index contributed by atoms with van der Waals surface area (Å²) in [5.41, 5.74) is 0. The van der Waals surface area contributed by atoms with Crippen molar-refractivity contribution in [2.24, 2.45) is 47.3 Å². The molecular formula is C31H58. The first-order valence-electron chi connectivity index (χ1n) is 14.1. The normalized spacial score (nSPS) is 22.1. The van der Waals surface area contributed by atoms with Gasteiger partial charge < -0.3 is 0 Å². The molecule has 0 nitrogen and oxygen atoms in total. The highest BCUT2D eigenvalue weighted by Gasteiger charge is 2.22. The van der Waals surface area contributed by atoms with Crippen molar-refractivity contribution >= 4 is 0 Å². The zero-order valence-corrected chi connectivity index (χ0v) is 22.7. The first kappa shape index (κ1) is 28.5. The molecule has 0 aromatic rings. The standard InChI is InChI=1S/C31H58/c1-9-11-17-30(24(3)4)20-19-27(7)31(23-29-15-13-12-14-16-29)21-18-26(6)28(8)22-25(5)10-2/h18-21,24-31H,9-17,22-23H2,1-8H3. The van der Waals surface area contributed by atoms with E-state index in [0.717, 1.165) is 29.6 Å². The summed E-state index contributed by atoms with van der Waals surface area (Å²) in [5, 5.41) is 0. The van der Waals surface area contributed by atoms with Crippen LogP contribution in [-0.2, 0) is 0 Å². The average Bonchev–Trinajstić information content (AvgIpc) is 2.76. The summed E-state index contributed by atoms with van der Waals surface area (Å²) in [6, 6.07) is 0. The Hall–Kier alpha value is -0.520. The van der Waals surface area contributed by atoms with Crippen molar-refractivity contribution < 1.29 is 0 Å². The van der Waals surface area contributed by atoms with Gasteiger partial charge in [0.15, 0.2) is 0 Å². The summed E-state index contributed by atoms with van der Waals surface area (Å²) in [4.78, 5) is 0. The third-order valence-corrected chi connectivity index (χ3v) is 8.45. The van der Waals surface area contributed by atoms with Crippen LogP contribution >= 0.6 is 0 Å². The molecule has 1 saturated carbocycles. The molecule has 0 amide bonds. The van der Waals surface area contributed by atoms with Gasteiger partial charge >= 0.3 is 0 Å². The van der Waals surface area contributed by atoms with E-state index in [1.54, 1.807) is 0 Å². The van der Waals surface area contributed by atoms with E-state index in [2.05, 4.69) is 79.7 Å². The Morgan fingerprint density at radius 3 is 1.94 bits per heavy atom. The van der Waals surface area contributed by atoms with Crippen molar-refractivity contribution in [3.8, 4) is 0 Å². The number of rotatable bonds is 15. The first-order valence-corrected chi connectivity index (χ1v) is 14.1. The Kier molecular flexibility index (Phi) is 14.9. The van der Waals surface area contributed by atoms with Crippen molar-refractivity contribution in [3.05, 3.63) is 24.3 Å². The van der Waals surface area contributed by atoms with Gasteiger partial charge in [0.2, 0.25) is 0 Å². The van der Waals surface area contributed by atoms with E-state index in [4.69, 9.17) is 0 Å². The summed E-state index contributed by atoms with van der Waals surface area (Å²) in [6.07, 6.45) is 25.8. The lowest BCUT2D eigenvalue weighted by molar-refractivity contribution is 0.286. The van der Waals surface area contributed by atoms with E-state index >= 15 is 0 Å². The fourth-order valence-corrected chi connectivity index (χ4v) is 5.35. The Morgan fingerprint density at radius 1 is 0.742 bits per heavy atom. The molecule has 182 valence electrons. The lowest BCUT2D eigenvalue weighted by Gasteiger charge is -2.28. The van der Waals surface area contributed by atoms with E-state index in [-0.39, 0.29) is 0 Å². The van der Waals surface area contributed by atoms with Gasteiger partial charge in [-0.15, -0.1) is 0 Å². The number of unbranched alkanes of at least 4 members (excludes halogenated alkanes) is 1. The molecule has 6 unspecified atom stereocenters. The van der Waals surface area contributed by atoms with E-state index in [1.807, 2.05) is 0 Å². The van der Waals surface area contributed by atoms with Crippen LogP contribution < -0.4 is 0 Å². The lowest BCUT2D eigenvalue weighted by Crippen LogP contribution is -2.17. The van der Waals surface area contributed by atoms with E-state index in [9.17, 15) is 0 Å². The Bertz CT molecular complexity index is 478. The molecule has 6 atom stereocenters. The van der Waals surface area contributed by atoms with Crippen molar-refractivity contribution in [2.45, 2.75) is 126 Å². The maximum absolute atomic E-state index is 2.64. The van der Waals surface area contributed by atoms with Crippen molar-refractivity contribution in [1.82, 2.24) is 0 Å². The second-order valence-corrected chi connectivity index (χ2v) is 11.7. The van der Waals surface area contributed by atoms with Crippen LogP contribution in [0.1, 0.15) is 126 Å². The second-order valence-electron chi connectivity index (χ2n) is 11.7. The van der Waals surface area contributed by atoms with E-state index in [0.29, 0.717) is 17.8 Å². The molecule has 1 fully saturated rings. The molecule has 1 aliphatic rings. The maximum Gasteiger partial charge on any atom is -0.0170 e. The third kappa shape index (κ3) is 11.8. The molecule has 0 heterocycles. The molecule has 0 aliphatic heterocycles. The Labute approximate surface area is 197 Å². The van der Waals surface area contributed by atoms with Crippen molar-refractivity contribution in [1.29, 1.82) is 0 Å². The SMILES string of the molecule is CCCCC(C=CC(C)C(C=CC(C)C(C)CC(C)CC)CC1CCCCC1)C(C)C. The van der Waals surface area contributed by atoms with Crippen LogP contribution in [0.5, 0.6) is 0 Å². The van der Waals surface area contributed by atoms with Crippen molar-refractivity contribution in [2.75, 3.05) is 0 Å². The van der Waals surface area contributed by atoms with Crippen LogP contribution in [0.3, 0.4) is 0 Å². The third-order valence-electron chi connectivity index (χ3n) is 8.45. The van der Waals surface area contributed by atoms with E-state index < -0.39 is 0 Å². The summed E-state index contributed by atoms with van der Waals surface area (Å²) in [7, 11) is 0. The molecule has 0 radical (unpaired) electrons. The van der Waals surface area contributed by atoms with Gasteiger partial charge in [0.1, 0.15) is 0 Å². The van der Waals surface area contributed by atoms with Crippen LogP contribution in [0, 0.1) is 47.3 Å². The molecule has 0 spiro atoms. The quantitative estimate of drug-likeness (QED) is 0.227. The summed E-state index contributed by atoms with van der Waals surface area (Å²) < 4.78 is 0. The molecule has 0 bridgehead atoms. The Morgan fingerprint density at radius 2 is 1.35 bits per heavy atom. The molecule has 0 heteroatoms. The summed E-state index contributed by atoms with van der Waals surface area (Å²) >= 11 is 0. The molecule has 0 aromatic heterocycles. The topological polar surface area (TPSA) is 0 Å². The van der Waals surface area contributed by atoms with Crippen LogP contribution in [0.4, 0.5) is 0 Å². The molecule has 0 saturated heterocycles. The average molecular weight is 431 g/mol. The van der Waals surface area contributed by atoms with Gasteiger partial charge in [0.25, 0.3) is 0 Å². The summed E-state index contributed by atoms with van der Waals surface area (Å²) in [5.74, 6) is 6.13. The fourth-order valence-electron chi connectivity index (χ4n) is 5.35. The number of hydrogen-bond donors (Lipinski definition) is 0. The zero-order valence-electron chi connectivity index (χ0n) is 22.7. The minimum atomic E-state index is 0.651. The monoisotopic (exact) mass is 430 g/mol. The molecule has 1 rings (SSSR count). The zero-order chi connectivity index (χ0) is 23.2. The van der Waals surface area contributed by atoms with Crippen LogP contribution in [-0.4, -0.2) is 0 Å². The smallest absolute Gasteiger partial charge is 0.0170 e. The minimum Gasteiger partial charge on any atom is -0.0851 e. The lowest BCUT2D eigenvalue weighted by atomic mass is 9.77. The van der Waals surface area contributed by atoms with Crippen LogP contribution in [0.25, 0.3) is 0 Å². The van der Waals surface area contributed by atoms with Crippen LogP contribution in [0.15, 0.2) is 24.3 Å². The molecule has 0 N–H and O–H groups in total. The fraction of sp³-hybridized carbons (Fsp3) is 0.871. The largest absolute Gasteiger partial charge is 0.0851 e. The van der Waals surface area contributed by atoms with Crippen LogP contribution in [0.2, 0.25) is 0 Å². The predicted molar refractivity (Wildman–Crippen MR) is 142 cm³/mol. The predicted octanol–water partition coefficient (Wildman–Crippen LogP) is 10.5. The number of allylic oxidation sites excluding steroid dienone is 4. The highest BCUT2D eigenvalue weighted by Crippen LogP contribution is 2.34. The van der Waals surface area contributed by atoms with Gasteiger partial charge in [-0.2, -0.15) is 0 Å². The Balaban J connectivity index is 2.84. The van der Waals surface area contributed by atoms with Crippen molar-refractivity contribution in [3.63, 3.8) is 0 Å². The van der Waals surface area contributed by atoms with Gasteiger partial charge in [0, 0.05) is 0 Å². The molecule has 31 heavy (non-hydrogen) atoms. The first-order chi connectivity index (χ1) is 14.8. The maximum atomic E-state index is 2.64. The van der Waals surface area contributed by atoms with Gasteiger partial charge in [-0.1, -0.05) is 131 Å². The minimum absolute atomic E-state index is 0.651.